The monoisotopic (exact) mass is 288 g/mol. The van der Waals surface area contributed by atoms with E-state index in [0.29, 0.717) is 0 Å². The molecule has 0 aliphatic heterocycles. The summed E-state index contributed by atoms with van der Waals surface area (Å²) in [6.07, 6.45) is 0.848. The summed E-state index contributed by atoms with van der Waals surface area (Å²) in [5.74, 6) is 0.0978. The second-order valence-electron chi connectivity index (χ2n) is 4.07. The Balaban J connectivity index is 2.30. The molecule has 2 aromatic rings. The summed E-state index contributed by atoms with van der Waals surface area (Å²) in [6.45, 7) is 1.59. The minimum atomic E-state index is 0.0978. The lowest BCUT2D eigenvalue weighted by Crippen LogP contribution is -1.95. The average Bonchev–Trinajstić information content (AvgIpc) is 2.29. The minimum Gasteiger partial charge on any atom is -0.295 e. The van der Waals surface area contributed by atoms with Crippen LogP contribution in [-0.2, 0) is 6.42 Å². The van der Waals surface area contributed by atoms with Crippen LogP contribution < -0.4 is 0 Å². The van der Waals surface area contributed by atoms with Crippen LogP contribution in [0.3, 0.4) is 0 Å². The fourth-order valence-corrected chi connectivity index (χ4v) is 2.33. The van der Waals surface area contributed by atoms with Crippen molar-refractivity contribution >= 4 is 21.7 Å². The van der Waals surface area contributed by atoms with E-state index in [1.54, 1.807) is 6.92 Å². The van der Waals surface area contributed by atoms with Gasteiger partial charge in [-0.05, 0) is 42.7 Å². The quantitative estimate of drug-likeness (QED) is 0.772. The minimum absolute atomic E-state index is 0.0978. The summed E-state index contributed by atoms with van der Waals surface area (Å²) in [5.41, 5.74) is 3.15. The number of hydrogen-bond donors (Lipinski definition) is 0. The molecule has 0 aromatic heterocycles. The van der Waals surface area contributed by atoms with E-state index in [0.717, 1.165) is 22.0 Å². The van der Waals surface area contributed by atoms with Crippen molar-refractivity contribution in [2.24, 2.45) is 0 Å². The van der Waals surface area contributed by atoms with Crippen LogP contribution >= 0.6 is 15.9 Å². The fourth-order valence-electron chi connectivity index (χ4n) is 1.79. The normalized spacial score (nSPS) is 10.2. The molecule has 0 aliphatic carbocycles. The van der Waals surface area contributed by atoms with Crippen LogP contribution in [0, 0.1) is 0 Å². The van der Waals surface area contributed by atoms with Crippen LogP contribution in [0.5, 0.6) is 0 Å². The standard InChI is InChI=1S/C15H13BrO/c1-11(17)14-8-13(9-15(16)10-14)7-12-5-3-2-4-6-12/h2-6,8-10H,7H2,1H3. The molecule has 0 radical (unpaired) electrons. The van der Waals surface area contributed by atoms with Crippen LogP contribution in [0.4, 0.5) is 0 Å². The first kappa shape index (κ1) is 12.1. The molecule has 0 spiro atoms. The summed E-state index contributed by atoms with van der Waals surface area (Å²) in [4.78, 5) is 11.4. The molecule has 2 aromatic carbocycles. The summed E-state index contributed by atoms with van der Waals surface area (Å²) < 4.78 is 0.955. The molecule has 0 bridgehead atoms. The Hall–Kier alpha value is -1.41. The van der Waals surface area contributed by atoms with Crippen LogP contribution in [0.2, 0.25) is 0 Å². The Morgan fingerprint density at radius 1 is 1.06 bits per heavy atom. The highest BCUT2D eigenvalue weighted by Crippen LogP contribution is 2.19. The molecule has 0 aliphatic rings. The largest absolute Gasteiger partial charge is 0.295 e. The SMILES string of the molecule is CC(=O)c1cc(Br)cc(Cc2ccccc2)c1. The van der Waals surface area contributed by atoms with Crippen LogP contribution in [0.25, 0.3) is 0 Å². The summed E-state index contributed by atoms with van der Waals surface area (Å²) in [5, 5.41) is 0. The molecular formula is C15H13BrO. The summed E-state index contributed by atoms with van der Waals surface area (Å²) >= 11 is 3.44. The van der Waals surface area contributed by atoms with Crippen LogP contribution in [-0.4, -0.2) is 5.78 Å². The van der Waals surface area contributed by atoms with Gasteiger partial charge < -0.3 is 0 Å². The van der Waals surface area contributed by atoms with Crippen molar-refractivity contribution in [2.45, 2.75) is 13.3 Å². The lowest BCUT2D eigenvalue weighted by Gasteiger charge is -2.05. The number of benzene rings is 2. The maximum atomic E-state index is 11.4. The molecule has 0 N–H and O–H groups in total. The highest BCUT2D eigenvalue weighted by molar-refractivity contribution is 9.10. The third kappa shape index (κ3) is 3.27. The van der Waals surface area contributed by atoms with Crippen molar-refractivity contribution in [1.82, 2.24) is 0 Å². The second kappa shape index (κ2) is 5.28. The van der Waals surface area contributed by atoms with E-state index in [2.05, 4.69) is 34.1 Å². The molecule has 0 fully saturated rings. The van der Waals surface area contributed by atoms with Crippen molar-refractivity contribution < 1.29 is 4.79 Å². The van der Waals surface area contributed by atoms with E-state index in [4.69, 9.17) is 0 Å². The van der Waals surface area contributed by atoms with E-state index in [9.17, 15) is 4.79 Å². The van der Waals surface area contributed by atoms with E-state index < -0.39 is 0 Å². The molecule has 2 heteroatoms. The molecule has 0 amide bonds. The van der Waals surface area contributed by atoms with Gasteiger partial charge in [-0.2, -0.15) is 0 Å². The van der Waals surface area contributed by atoms with Crippen molar-refractivity contribution in [3.05, 3.63) is 69.7 Å². The van der Waals surface area contributed by atoms with Gasteiger partial charge in [0, 0.05) is 10.0 Å². The Bertz CT molecular complexity index is 532. The van der Waals surface area contributed by atoms with Gasteiger partial charge in [-0.1, -0.05) is 46.3 Å². The Kier molecular flexibility index (Phi) is 3.75. The highest BCUT2D eigenvalue weighted by atomic mass is 79.9. The van der Waals surface area contributed by atoms with Crippen molar-refractivity contribution in [2.75, 3.05) is 0 Å². The number of carbonyl (C=O) groups excluding carboxylic acids is 1. The number of carbonyl (C=O) groups is 1. The average molecular weight is 289 g/mol. The van der Waals surface area contributed by atoms with Gasteiger partial charge in [-0.25, -0.2) is 0 Å². The zero-order valence-corrected chi connectivity index (χ0v) is 11.2. The van der Waals surface area contributed by atoms with Gasteiger partial charge in [0.2, 0.25) is 0 Å². The number of rotatable bonds is 3. The number of hydrogen-bond acceptors (Lipinski definition) is 1. The van der Waals surface area contributed by atoms with Gasteiger partial charge in [0.15, 0.2) is 5.78 Å². The van der Waals surface area contributed by atoms with Gasteiger partial charge in [0.25, 0.3) is 0 Å². The molecular weight excluding hydrogens is 276 g/mol. The predicted octanol–water partition coefficient (Wildman–Crippen LogP) is 4.24. The molecule has 2 rings (SSSR count). The van der Waals surface area contributed by atoms with Crippen molar-refractivity contribution in [1.29, 1.82) is 0 Å². The number of Topliss-reactive ketones (excluding diaryl/α,β-unsaturated/α-hetero) is 1. The van der Waals surface area contributed by atoms with E-state index in [1.807, 2.05) is 30.3 Å². The predicted molar refractivity (Wildman–Crippen MR) is 73.4 cm³/mol. The maximum absolute atomic E-state index is 11.4. The topological polar surface area (TPSA) is 17.1 Å². The Morgan fingerprint density at radius 3 is 2.41 bits per heavy atom. The van der Waals surface area contributed by atoms with E-state index in [-0.39, 0.29) is 5.78 Å². The number of ketones is 1. The summed E-state index contributed by atoms with van der Waals surface area (Å²) in [7, 11) is 0. The first-order valence-electron chi connectivity index (χ1n) is 5.49. The molecule has 0 unspecified atom stereocenters. The first-order chi connectivity index (χ1) is 8.15. The van der Waals surface area contributed by atoms with Gasteiger partial charge in [0.05, 0.1) is 0 Å². The molecule has 0 saturated heterocycles. The number of halogens is 1. The fraction of sp³-hybridized carbons (Fsp3) is 0.133. The van der Waals surface area contributed by atoms with Gasteiger partial charge >= 0.3 is 0 Å². The van der Waals surface area contributed by atoms with Gasteiger partial charge in [0.1, 0.15) is 0 Å². The Morgan fingerprint density at radius 2 is 1.76 bits per heavy atom. The van der Waals surface area contributed by atoms with Gasteiger partial charge in [-0.15, -0.1) is 0 Å². The van der Waals surface area contributed by atoms with Crippen LogP contribution in [0.1, 0.15) is 28.4 Å². The van der Waals surface area contributed by atoms with Crippen molar-refractivity contribution in [3.63, 3.8) is 0 Å². The molecule has 1 nitrogen and oxygen atoms in total. The molecule has 86 valence electrons. The third-order valence-electron chi connectivity index (χ3n) is 2.62. The molecule has 0 atom stereocenters. The lowest BCUT2D eigenvalue weighted by atomic mass is 10.0. The maximum Gasteiger partial charge on any atom is 0.159 e. The zero-order chi connectivity index (χ0) is 12.3. The van der Waals surface area contributed by atoms with Gasteiger partial charge in [-0.3, -0.25) is 4.79 Å². The first-order valence-corrected chi connectivity index (χ1v) is 6.29. The van der Waals surface area contributed by atoms with E-state index in [1.165, 1.54) is 5.56 Å². The second-order valence-corrected chi connectivity index (χ2v) is 4.98. The molecule has 0 heterocycles. The summed E-state index contributed by atoms with van der Waals surface area (Å²) in [6, 6.07) is 16.1. The molecule has 0 saturated carbocycles. The third-order valence-corrected chi connectivity index (χ3v) is 3.07. The lowest BCUT2D eigenvalue weighted by molar-refractivity contribution is 0.101. The van der Waals surface area contributed by atoms with Crippen molar-refractivity contribution in [3.8, 4) is 0 Å². The highest BCUT2D eigenvalue weighted by Gasteiger charge is 2.04. The van der Waals surface area contributed by atoms with Crippen LogP contribution in [0.15, 0.2) is 53.0 Å². The zero-order valence-electron chi connectivity index (χ0n) is 9.61. The smallest absolute Gasteiger partial charge is 0.159 e. The molecule has 17 heavy (non-hydrogen) atoms. The Labute approximate surface area is 110 Å². The van der Waals surface area contributed by atoms with E-state index >= 15 is 0 Å².